The third kappa shape index (κ3) is 4.01. The third-order valence-electron chi connectivity index (χ3n) is 3.67. The fraction of sp³-hybridized carbons (Fsp3) is 0.368. The SMILES string of the molecule is COc1ccc(C(C)(C)C)cc1NCc1ccc(C)cc1. The summed E-state index contributed by atoms with van der Waals surface area (Å²) >= 11 is 0. The number of hydrogen-bond donors (Lipinski definition) is 1. The average Bonchev–Trinajstić information content (AvgIpc) is 2.45. The molecule has 21 heavy (non-hydrogen) atoms. The maximum Gasteiger partial charge on any atom is 0.141 e. The van der Waals surface area contributed by atoms with Gasteiger partial charge in [-0.25, -0.2) is 0 Å². The van der Waals surface area contributed by atoms with Gasteiger partial charge in [-0.2, -0.15) is 0 Å². The topological polar surface area (TPSA) is 21.3 Å². The van der Waals surface area contributed by atoms with Crippen LogP contribution >= 0.6 is 0 Å². The van der Waals surface area contributed by atoms with Crippen molar-refractivity contribution in [2.24, 2.45) is 0 Å². The Morgan fingerprint density at radius 1 is 1.00 bits per heavy atom. The lowest BCUT2D eigenvalue weighted by Gasteiger charge is -2.21. The van der Waals surface area contributed by atoms with Gasteiger partial charge in [-0.1, -0.05) is 56.7 Å². The first kappa shape index (κ1) is 15.4. The van der Waals surface area contributed by atoms with Crippen LogP contribution in [0.1, 0.15) is 37.5 Å². The molecule has 0 saturated carbocycles. The van der Waals surface area contributed by atoms with Gasteiger partial charge in [-0.3, -0.25) is 0 Å². The maximum absolute atomic E-state index is 5.46. The molecule has 2 nitrogen and oxygen atoms in total. The van der Waals surface area contributed by atoms with Gasteiger partial charge in [0.15, 0.2) is 0 Å². The molecule has 2 heteroatoms. The van der Waals surface area contributed by atoms with Crippen LogP contribution in [0.2, 0.25) is 0 Å². The Labute approximate surface area is 128 Å². The Kier molecular flexibility index (Phi) is 4.56. The van der Waals surface area contributed by atoms with E-state index in [4.69, 9.17) is 4.74 Å². The highest BCUT2D eigenvalue weighted by molar-refractivity contribution is 5.59. The molecule has 0 heterocycles. The molecule has 0 saturated heterocycles. The van der Waals surface area contributed by atoms with Crippen molar-refractivity contribution in [3.8, 4) is 5.75 Å². The molecule has 2 aromatic carbocycles. The predicted molar refractivity (Wildman–Crippen MR) is 90.2 cm³/mol. The van der Waals surface area contributed by atoms with Gasteiger partial charge in [0.2, 0.25) is 0 Å². The second-order valence-electron chi connectivity index (χ2n) is 6.50. The average molecular weight is 283 g/mol. The number of rotatable bonds is 4. The van der Waals surface area contributed by atoms with E-state index in [0.29, 0.717) is 0 Å². The molecule has 0 aliphatic rings. The van der Waals surface area contributed by atoms with E-state index >= 15 is 0 Å². The Hall–Kier alpha value is -1.96. The van der Waals surface area contributed by atoms with E-state index in [1.165, 1.54) is 16.7 Å². The normalized spacial score (nSPS) is 11.3. The number of hydrogen-bond acceptors (Lipinski definition) is 2. The molecule has 1 N–H and O–H groups in total. The number of benzene rings is 2. The minimum Gasteiger partial charge on any atom is -0.495 e. The lowest BCUT2D eigenvalue weighted by atomic mass is 9.87. The van der Waals surface area contributed by atoms with Crippen LogP contribution in [-0.4, -0.2) is 7.11 Å². The van der Waals surface area contributed by atoms with Crippen LogP contribution in [0.25, 0.3) is 0 Å². The lowest BCUT2D eigenvalue weighted by Crippen LogP contribution is -2.12. The lowest BCUT2D eigenvalue weighted by molar-refractivity contribution is 0.416. The van der Waals surface area contributed by atoms with Gasteiger partial charge in [0.1, 0.15) is 5.75 Å². The molecule has 0 spiro atoms. The Morgan fingerprint density at radius 3 is 2.24 bits per heavy atom. The molecule has 0 radical (unpaired) electrons. The van der Waals surface area contributed by atoms with Crippen molar-refractivity contribution >= 4 is 5.69 Å². The van der Waals surface area contributed by atoms with Gasteiger partial charge in [0.05, 0.1) is 12.8 Å². The molecule has 0 aliphatic heterocycles. The zero-order chi connectivity index (χ0) is 15.5. The van der Waals surface area contributed by atoms with Crippen LogP contribution in [0.15, 0.2) is 42.5 Å². The number of ether oxygens (including phenoxy) is 1. The summed E-state index contributed by atoms with van der Waals surface area (Å²) in [4.78, 5) is 0. The first-order valence-electron chi connectivity index (χ1n) is 7.38. The van der Waals surface area contributed by atoms with E-state index in [1.54, 1.807) is 7.11 Å². The number of methoxy groups -OCH3 is 1. The number of anilines is 1. The van der Waals surface area contributed by atoms with Gasteiger partial charge < -0.3 is 10.1 Å². The minimum atomic E-state index is 0.132. The predicted octanol–water partition coefficient (Wildman–Crippen LogP) is 4.91. The third-order valence-corrected chi connectivity index (χ3v) is 3.67. The summed E-state index contributed by atoms with van der Waals surface area (Å²) in [6, 6.07) is 14.9. The quantitative estimate of drug-likeness (QED) is 0.860. The molecule has 0 aliphatic carbocycles. The molecule has 0 unspecified atom stereocenters. The highest BCUT2D eigenvalue weighted by Crippen LogP contribution is 2.31. The standard InChI is InChI=1S/C19H25NO/c1-14-6-8-15(9-7-14)13-20-17-12-16(19(2,3)4)10-11-18(17)21-5/h6-12,20H,13H2,1-5H3. The summed E-state index contributed by atoms with van der Waals surface area (Å²) in [5.74, 6) is 0.884. The smallest absolute Gasteiger partial charge is 0.141 e. The molecule has 2 rings (SSSR count). The minimum absolute atomic E-state index is 0.132. The van der Waals surface area contributed by atoms with Gasteiger partial charge >= 0.3 is 0 Å². The van der Waals surface area contributed by atoms with Crippen LogP contribution in [0.5, 0.6) is 5.75 Å². The number of aryl methyl sites for hydroxylation is 1. The molecular weight excluding hydrogens is 258 g/mol. The second-order valence-corrected chi connectivity index (χ2v) is 6.50. The zero-order valence-electron chi connectivity index (χ0n) is 13.7. The Balaban J connectivity index is 2.19. The molecule has 112 valence electrons. The van der Waals surface area contributed by atoms with Crippen molar-refractivity contribution in [1.82, 2.24) is 0 Å². The second kappa shape index (κ2) is 6.21. The summed E-state index contributed by atoms with van der Waals surface area (Å²) in [6.45, 7) is 9.56. The molecule has 0 fully saturated rings. The van der Waals surface area contributed by atoms with E-state index in [2.05, 4.69) is 69.4 Å². The Morgan fingerprint density at radius 2 is 1.67 bits per heavy atom. The summed E-state index contributed by atoms with van der Waals surface area (Å²) in [7, 11) is 1.71. The largest absolute Gasteiger partial charge is 0.495 e. The summed E-state index contributed by atoms with van der Waals surface area (Å²) in [6.07, 6.45) is 0. The van der Waals surface area contributed by atoms with Crippen LogP contribution in [0, 0.1) is 6.92 Å². The maximum atomic E-state index is 5.46. The first-order chi connectivity index (χ1) is 9.90. The summed E-state index contributed by atoms with van der Waals surface area (Å²) < 4.78 is 5.46. The van der Waals surface area contributed by atoms with Crippen LogP contribution in [0.3, 0.4) is 0 Å². The molecule has 0 bridgehead atoms. The Bertz CT molecular complexity index is 594. The van der Waals surface area contributed by atoms with Crippen molar-refractivity contribution in [2.75, 3.05) is 12.4 Å². The van der Waals surface area contributed by atoms with E-state index < -0.39 is 0 Å². The highest BCUT2D eigenvalue weighted by atomic mass is 16.5. The fourth-order valence-corrected chi connectivity index (χ4v) is 2.22. The fourth-order valence-electron chi connectivity index (χ4n) is 2.22. The van der Waals surface area contributed by atoms with Crippen molar-refractivity contribution in [3.63, 3.8) is 0 Å². The molecule has 0 atom stereocenters. The zero-order valence-corrected chi connectivity index (χ0v) is 13.7. The van der Waals surface area contributed by atoms with Crippen molar-refractivity contribution in [2.45, 2.75) is 39.7 Å². The van der Waals surface area contributed by atoms with Gasteiger partial charge in [0.25, 0.3) is 0 Å². The van der Waals surface area contributed by atoms with E-state index in [1.807, 2.05) is 6.07 Å². The van der Waals surface area contributed by atoms with Crippen LogP contribution in [0.4, 0.5) is 5.69 Å². The first-order valence-corrected chi connectivity index (χ1v) is 7.38. The number of nitrogens with one attached hydrogen (secondary N) is 1. The van der Waals surface area contributed by atoms with Crippen LogP contribution < -0.4 is 10.1 Å². The monoisotopic (exact) mass is 283 g/mol. The molecular formula is C19H25NO. The van der Waals surface area contributed by atoms with Gasteiger partial charge in [-0.15, -0.1) is 0 Å². The van der Waals surface area contributed by atoms with Crippen LogP contribution in [-0.2, 0) is 12.0 Å². The van der Waals surface area contributed by atoms with E-state index in [0.717, 1.165) is 18.0 Å². The molecule has 2 aromatic rings. The molecule has 0 amide bonds. The van der Waals surface area contributed by atoms with E-state index in [-0.39, 0.29) is 5.41 Å². The van der Waals surface area contributed by atoms with Gasteiger partial charge in [0, 0.05) is 6.54 Å². The molecule has 0 aromatic heterocycles. The van der Waals surface area contributed by atoms with E-state index in [9.17, 15) is 0 Å². The van der Waals surface area contributed by atoms with Gasteiger partial charge in [-0.05, 0) is 35.6 Å². The van der Waals surface area contributed by atoms with Crippen molar-refractivity contribution < 1.29 is 4.74 Å². The van der Waals surface area contributed by atoms with Crippen molar-refractivity contribution in [1.29, 1.82) is 0 Å². The van der Waals surface area contributed by atoms with Crippen molar-refractivity contribution in [3.05, 3.63) is 59.2 Å². The summed E-state index contributed by atoms with van der Waals surface area (Å²) in [5.41, 5.74) is 5.03. The highest BCUT2D eigenvalue weighted by Gasteiger charge is 2.15. The summed E-state index contributed by atoms with van der Waals surface area (Å²) in [5, 5.41) is 3.49.